The van der Waals surface area contributed by atoms with Gasteiger partial charge in [-0.2, -0.15) is 10.5 Å². The predicted molar refractivity (Wildman–Crippen MR) is 94.1 cm³/mol. The third-order valence-electron chi connectivity index (χ3n) is 3.51. The van der Waals surface area contributed by atoms with E-state index in [0.29, 0.717) is 52.5 Å². The summed E-state index contributed by atoms with van der Waals surface area (Å²) < 4.78 is 21.6. The van der Waals surface area contributed by atoms with Gasteiger partial charge in [0.05, 0.1) is 39.4 Å². The van der Waals surface area contributed by atoms with Gasteiger partial charge in [0.2, 0.25) is 11.6 Å². The number of rotatable bonds is 9. The molecule has 0 aliphatic heterocycles. The summed E-state index contributed by atoms with van der Waals surface area (Å²) in [4.78, 5) is 0. The summed E-state index contributed by atoms with van der Waals surface area (Å²) in [7, 11) is 4.58. The molecule has 0 saturated carbocycles. The fraction of sp³-hybridized carbons (Fsp3) is 0.412. The second-order valence-electron chi connectivity index (χ2n) is 5.12. The van der Waals surface area contributed by atoms with E-state index in [1.807, 2.05) is 6.07 Å². The van der Waals surface area contributed by atoms with Crippen molar-refractivity contribution in [3.63, 3.8) is 0 Å². The van der Waals surface area contributed by atoms with Gasteiger partial charge in [-0.25, -0.2) is 0 Å². The van der Waals surface area contributed by atoms with Crippen LogP contribution in [0, 0.1) is 28.6 Å². The van der Waals surface area contributed by atoms with Crippen LogP contribution in [0.4, 0.5) is 0 Å². The maximum atomic E-state index is 9.10. The van der Waals surface area contributed by atoms with Crippen LogP contribution < -0.4 is 14.2 Å². The number of methoxy groups -OCH3 is 3. The quantitative estimate of drug-likeness (QED) is 0.610. The van der Waals surface area contributed by atoms with Crippen molar-refractivity contribution < 1.29 is 18.6 Å². The van der Waals surface area contributed by atoms with Crippen LogP contribution in [0.3, 0.4) is 0 Å². The van der Waals surface area contributed by atoms with Gasteiger partial charge in [0.15, 0.2) is 11.5 Å². The Balaban J connectivity index is 2.17. The molecule has 0 aliphatic carbocycles. The molecule has 0 aliphatic rings. The molecule has 1 aromatic heterocycles. The zero-order chi connectivity index (χ0) is 18.9. The summed E-state index contributed by atoms with van der Waals surface area (Å²) in [6, 6.07) is 7.65. The van der Waals surface area contributed by atoms with Crippen LogP contribution in [-0.4, -0.2) is 37.3 Å². The van der Waals surface area contributed by atoms with Crippen molar-refractivity contribution in [2.45, 2.75) is 18.1 Å². The van der Waals surface area contributed by atoms with E-state index >= 15 is 0 Å². The minimum absolute atomic E-state index is 0.240. The van der Waals surface area contributed by atoms with Crippen molar-refractivity contribution in [3.05, 3.63) is 12.1 Å². The van der Waals surface area contributed by atoms with Gasteiger partial charge in [0, 0.05) is 17.7 Å². The summed E-state index contributed by atoms with van der Waals surface area (Å²) in [5.74, 6) is 1.98. The van der Waals surface area contributed by atoms with E-state index in [1.54, 1.807) is 12.1 Å². The van der Waals surface area contributed by atoms with Gasteiger partial charge in [0.25, 0.3) is 5.22 Å². The number of benzene rings is 1. The van der Waals surface area contributed by atoms with Gasteiger partial charge >= 0.3 is 0 Å². The fourth-order valence-electron chi connectivity index (χ4n) is 2.19. The zero-order valence-corrected chi connectivity index (χ0v) is 15.5. The maximum absolute atomic E-state index is 9.10. The molecule has 1 heterocycles. The van der Waals surface area contributed by atoms with Crippen LogP contribution in [0.2, 0.25) is 0 Å². The van der Waals surface area contributed by atoms with Crippen molar-refractivity contribution >= 4 is 11.8 Å². The molecule has 9 heteroatoms. The van der Waals surface area contributed by atoms with Gasteiger partial charge in [-0.05, 0) is 18.6 Å². The third kappa shape index (κ3) is 4.58. The summed E-state index contributed by atoms with van der Waals surface area (Å²) in [5, 5.41) is 26.1. The van der Waals surface area contributed by atoms with Crippen molar-refractivity contribution in [2.75, 3.05) is 27.1 Å². The Labute approximate surface area is 155 Å². The third-order valence-corrected chi connectivity index (χ3v) is 4.49. The molecular formula is C17H18N4O4S. The summed E-state index contributed by atoms with van der Waals surface area (Å²) in [6.07, 6.45) is 0.868. The lowest BCUT2D eigenvalue weighted by molar-refractivity contribution is 0.324. The molecule has 0 amide bonds. The van der Waals surface area contributed by atoms with Crippen LogP contribution in [-0.2, 0) is 0 Å². The van der Waals surface area contributed by atoms with E-state index in [2.05, 4.69) is 16.3 Å². The second kappa shape index (κ2) is 9.54. The maximum Gasteiger partial charge on any atom is 0.276 e. The monoisotopic (exact) mass is 374 g/mol. The van der Waals surface area contributed by atoms with Gasteiger partial charge in [-0.1, -0.05) is 11.8 Å². The average Bonchev–Trinajstić information content (AvgIpc) is 3.15. The Morgan fingerprint density at radius 2 is 1.81 bits per heavy atom. The molecule has 136 valence electrons. The summed E-state index contributed by atoms with van der Waals surface area (Å²) in [6.45, 7) is 0. The van der Waals surface area contributed by atoms with Crippen LogP contribution in [0.25, 0.3) is 11.5 Å². The van der Waals surface area contributed by atoms with Crippen molar-refractivity contribution in [1.29, 1.82) is 10.5 Å². The van der Waals surface area contributed by atoms with Crippen LogP contribution >= 0.6 is 11.8 Å². The first-order valence-electron chi connectivity index (χ1n) is 7.70. The van der Waals surface area contributed by atoms with Gasteiger partial charge in [-0.15, -0.1) is 10.2 Å². The molecule has 8 nitrogen and oxygen atoms in total. The van der Waals surface area contributed by atoms with Gasteiger partial charge in [0.1, 0.15) is 0 Å². The predicted octanol–water partition coefficient (Wildman–Crippen LogP) is 3.30. The Kier molecular flexibility index (Phi) is 7.12. The molecule has 2 rings (SSSR count). The highest BCUT2D eigenvalue weighted by Gasteiger charge is 2.18. The van der Waals surface area contributed by atoms with E-state index in [0.717, 1.165) is 0 Å². The second-order valence-corrected chi connectivity index (χ2v) is 6.09. The van der Waals surface area contributed by atoms with Crippen LogP contribution in [0.15, 0.2) is 21.8 Å². The topological polar surface area (TPSA) is 114 Å². The highest BCUT2D eigenvalue weighted by Crippen LogP contribution is 2.41. The molecule has 0 spiro atoms. The van der Waals surface area contributed by atoms with E-state index in [4.69, 9.17) is 29.2 Å². The fourth-order valence-corrected chi connectivity index (χ4v) is 3.01. The SMILES string of the molecule is COc1cc(-c2nnc(SC[C@@H](C#N)CCC#N)o2)cc(OC)c1OC. The Bertz CT molecular complexity index is 800. The number of hydrogen-bond donors (Lipinski definition) is 0. The van der Waals surface area contributed by atoms with Gasteiger partial charge in [-0.3, -0.25) is 0 Å². The lowest BCUT2D eigenvalue weighted by Gasteiger charge is -2.12. The van der Waals surface area contributed by atoms with E-state index in [9.17, 15) is 0 Å². The first-order chi connectivity index (χ1) is 12.7. The summed E-state index contributed by atoms with van der Waals surface area (Å²) >= 11 is 1.29. The molecule has 0 bridgehead atoms. The Hall–Kier alpha value is -2.91. The minimum atomic E-state index is -0.240. The molecule has 1 aromatic carbocycles. The molecule has 1 atom stereocenters. The summed E-state index contributed by atoms with van der Waals surface area (Å²) in [5.41, 5.74) is 0.625. The van der Waals surface area contributed by atoms with E-state index in [-0.39, 0.29) is 5.92 Å². The normalized spacial score (nSPS) is 11.3. The molecule has 0 unspecified atom stereocenters. The number of nitrogens with zero attached hydrogens (tertiary/aromatic N) is 4. The lowest BCUT2D eigenvalue weighted by Crippen LogP contribution is -2.00. The number of aromatic nitrogens is 2. The number of nitriles is 2. The van der Waals surface area contributed by atoms with Crippen molar-refractivity contribution in [3.8, 4) is 40.8 Å². The number of hydrogen-bond acceptors (Lipinski definition) is 9. The first kappa shape index (κ1) is 19.4. The number of ether oxygens (including phenoxy) is 3. The molecule has 0 N–H and O–H groups in total. The molecular weight excluding hydrogens is 356 g/mol. The van der Waals surface area contributed by atoms with Crippen LogP contribution in [0.5, 0.6) is 17.2 Å². The lowest BCUT2D eigenvalue weighted by atomic mass is 10.1. The first-order valence-corrected chi connectivity index (χ1v) is 8.68. The van der Waals surface area contributed by atoms with E-state index < -0.39 is 0 Å². The number of thioether (sulfide) groups is 1. The zero-order valence-electron chi connectivity index (χ0n) is 14.7. The minimum Gasteiger partial charge on any atom is -0.493 e. The molecule has 0 fully saturated rings. The van der Waals surface area contributed by atoms with Crippen LogP contribution in [0.1, 0.15) is 12.8 Å². The van der Waals surface area contributed by atoms with Crippen molar-refractivity contribution in [1.82, 2.24) is 10.2 Å². The molecule has 0 radical (unpaired) electrons. The molecule has 26 heavy (non-hydrogen) atoms. The molecule has 0 saturated heterocycles. The molecule has 2 aromatic rings. The smallest absolute Gasteiger partial charge is 0.276 e. The van der Waals surface area contributed by atoms with E-state index in [1.165, 1.54) is 33.1 Å². The Morgan fingerprint density at radius 3 is 2.35 bits per heavy atom. The highest BCUT2D eigenvalue weighted by molar-refractivity contribution is 7.99. The Morgan fingerprint density at radius 1 is 1.12 bits per heavy atom. The highest BCUT2D eigenvalue weighted by atomic mass is 32.2. The van der Waals surface area contributed by atoms with Crippen molar-refractivity contribution in [2.24, 2.45) is 5.92 Å². The average molecular weight is 374 g/mol. The standard InChI is InChI=1S/C17H18N4O4S/c1-22-13-7-12(8-14(23-2)15(13)24-3)16-20-21-17(25-16)26-10-11(9-19)5-4-6-18/h7-8,11H,4-5,10H2,1-3H3/t11-/m1/s1. The largest absolute Gasteiger partial charge is 0.493 e. The van der Waals surface area contributed by atoms with Gasteiger partial charge < -0.3 is 18.6 Å².